The maximum Gasteiger partial charge on any atom is 0.255 e. The molecule has 6 heteroatoms. The van der Waals surface area contributed by atoms with Gasteiger partial charge in [0.2, 0.25) is 6.79 Å². The minimum Gasteiger partial charge on any atom is -0.454 e. The SMILES string of the molecule is Nc1ccc(NC(=O)c2ccc3c(c2)OCO3)c(Cl)c1. The van der Waals surface area contributed by atoms with E-state index < -0.39 is 0 Å². The van der Waals surface area contributed by atoms with Gasteiger partial charge in [-0.1, -0.05) is 11.6 Å². The lowest BCUT2D eigenvalue weighted by molar-refractivity contribution is 0.102. The summed E-state index contributed by atoms with van der Waals surface area (Å²) in [6, 6.07) is 9.89. The van der Waals surface area contributed by atoms with E-state index in [9.17, 15) is 4.79 Å². The monoisotopic (exact) mass is 290 g/mol. The molecule has 0 aliphatic carbocycles. The molecular formula is C14H11ClN2O3. The highest BCUT2D eigenvalue weighted by atomic mass is 35.5. The van der Waals surface area contributed by atoms with Crippen LogP contribution in [-0.4, -0.2) is 12.7 Å². The summed E-state index contributed by atoms with van der Waals surface area (Å²) >= 11 is 6.02. The van der Waals surface area contributed by atoms with Crippen LogP contribution in [0.15, 0.2) is 36.4 Å². The Morgan fingerprint density at radius 2 is 1.95 bits per heavy atom. The van der Waals surface area contributed by atoms with Gasteiger partial charge >= 0.3 is 0 Å². The predicted molar refractivity (Wildman–Crippen MR) is 76.4 cm³/mol. The Balaban J connectivity index is 1.82. The zero-order valence-electron chi connectivity index (χ0n) is 10.4. The molecule has 0 fully saturated rings. The molecule has 5 nitrogen and oxygen atoms in total. The number of hydrogen-bond donors (Lipinski definition) is 2. The first-order valence-electron chi connectivity index (χ1n) is 5.89. The van der Waals surface area contributed by atoms with E-state index in [4.69, 9.17) is 26.8 Å². The van der Waals surface area contributed by atoms with Crippen molar-refractivity contribution >= 4 is 28.9 Å². The molecule has 0 radical (unpaired) electrons. The minimum absolute atomic E-state index is 0.171. The lowest BCUT2D eigenvalue weighted by Crippen LogP contribution is -2.12. The van der Waals surface area contributed by atoms with Gasteiger partial charge in [0.25, 0.3) is 5.91 Å². The van der Waals surface area contributed by atoms with Crippen LogP contribution < -0.4 is 20.5 Å². The summed E-state index contributed by atoms with van der Waals surface area (Å²) in [4.78, 5) is 12.2. The molecule has 3 rings (SSSR count). The highest BCUT2D eigenvalue weighted by molar-refractivity contribution is 6.34. The quantitative estimate of drug-likeness (QED) is 0.834. The summed E-state index contributed by atoms with van der Waals surface area (Å²) in [6.07, 6.45) is 0. The molecule has 1 aliphatic heterocycles. The summed E-state index contributed by atoms with van der Waals surface area (Å²) in [7, 11) is 0. The zero-order valence-corrected chi connectivity index (χ0v) is 11.1. The Morgan fingerprint density at radius 1 is 1.15 bits per heavy atom. The van der Waals surface area contributed by atoms with Crippen molar-refractivity contribution in [3.05, 3.63) is 47.0 Å². The van der Waals surface area contributed by atoms with Gasteiger partial charge in [0.15, 0.2) is 11.5 Å². The second-order valence-electron chi connectivity index (χ2n) is 4.26. The van der Waals surface area contributed by atoms with Gasteiger partial charge in [0.1, 0.15) is 0 Å². The van der Waals surface area contributed by atoms with Crippen molar-refractivity contribution in [2.75, 3.05) is 17.8 Å². The molecule has 0 atom stereocenters. The smallest absolute Gasteiger partial charge is 0.255 e. The number of ether oxygens (including phenoxy) is 2. The number of hydrogen-bond acceptors (Lipinski definition) is 4. The molecule has 20 heavy (non-hydrogen) atoms. The second-order valence-corrected chi connectivity index (χ2v) is 4.67. The van der Waals surface area contributed by atoms with Crippen LogP contribution in [0, 0.1) is 0 Å². The van der Waals surface area contributed by atoms with Gasteiger partial charge in [0.05, 0.1) is 10.7 Å². The third kappa shape index (κ3) is 2.35. The zero-order chi connectivity index (χ0) is 14.1. The highest BCUT2D eigenvalue weighted by Crippen LogP contribution is 2.33. The number of halogens is 1. The van der Waals surface area contributed by atoms with Crippen molar-refractivity contribution in [3.8, 4) is 11.5 Å². The molecule has 0 saturated heterocycles. The molecular weight excluding hydrogens is 280 g/mol. The molecule has 0 aromatic heterocycles. The van der Waals surface area contributed by atoms with Crippen LogP contribution in [0.3, 0.4) is 0 Å². The molecule has 1 aliphatic rings. The first kappa shape index (κ1) is 12.6. The van der Waals surface area contributed by atoms with Crippen LogP contribution in [0.2, 0.25) is 5.02 Å². The number of benzene rings is 2. The number of nitrogen functional groups attached to an aromatic ring is 1. The number of fused-ring (bicyclic) bond motifs is 1. The number of rotatable bonds is 2. The average molecular weight is 291 g/mol. The van der Waals surface area contributed by atoms with E-state index in [0.717, 1.165) is 0 Å². The number of carbonyl (C=O) groups excluding carboxylic acids is 1. The molecule has 0 unspecified atom stereocenters. The van der Waals surface area contributed by atoms with Crippen LogP contribution in [-0.2, 0) is 0 Å². The van der Waals surface area contributed by atoms with Gasteiger partial charge in [-0.25, -0.2) is 0 Å². The topological polar surface area (TPSA) is 73.6 Å². The summed E-state index contributed by atoms with van der Waals surface area (Å²) in [5.74, 6) is 0.906. The summed E-state index contributed by atoms with van der Waals surface area (Å²) in [6.45, 7) is 0.171. The van der Waals surface area contributed by atoms with Crippen LogP contribution in [0.25, 0.3) is 0 Å². The average Bonchev–Trinajstić information content (AvgIpc) is 2.89. The Bertz CT molecular complexity index is 688. The van der Waals surface area contributed by atoms with Gasteiger partial charge < -0.3 is 20.5 Å². The Hall–Kier alpha value is -2.40. The van der Waals surface area contributed by atoms with Crippen LogP contribution in [0.1, 0.15) is 10.4 Å². The molecule has 2 aromatic carbocycles. The summed E-state index contributed by atoms with van der Waals surface area (Å²) < 4.78 is 10.4. The second kappa shape index (κ2) is 4.94. The van der Waals surface area contributed by atoms with Crippen molar-refractivity contribution in [2.24, 2.45) is 0 Å². The van der Waals surface area contributed by atoms with E-state index in [2.05, 4.69) is 5.32 Å². The Morgan fingerprint density at radius 3 is 2.75 bits per heavy atom. The molecule has 0 spiro atoms. The Kier molecular flexibility index (Phi) is 3.12. The summed E-state index contributed by atoms with van der Waals surface area (Å²) in [5.41, 5.74) is 7.10. The number of carbonyl (C=O) groups is 1. The fourth-order valence-corrected chi connectivity index (χ4v) is 2.10. The molecule has 0 saturated carbocycles. The minimum atomic E-state index is -0.282. The fraction of sp³-hybridized carbons (Fsp3) is 0.0714. The normalized spacial score (nSPS) is 12.2. The first-order chi connectivity index (χ1) is 9.63. The predicted octanol–water partition coefficient (Wildman–Crippen LogP) is 2.90. The van der Waals surface area contributed by atoms with Crippen LogP contribution >= 0.6 is 11.6 Å². The number of nitrogens with two attached hydrogens (primary N) is 1. The lowest BCUT2D eigenvalue weighted by Gasteiger charge is -2.08. The van der Waals surface area contributed by atoms with E-state index >= 15 is 0 Å². The molecule has 102 valence electrons. The van der Waals surface area contributed by atoms with Gasteiger partial charge in [-0.15, -0.1) is 0 Å². The maximum atomic E-state index is 12.2. The largest absolute Gasteiger partial charge is 0.454 e. The highest BCUT2D eigenvalue weighted by Gasteiger charge is 2.16. The van der Waals surface area contributed by atoms with Crippen molar-refractivity contribution in [1.29, 1.82) is 0 Å². The van der Waals surface area contributed by atoms with E-state index in [1.165, 1.54) is 0 Å². The van der Waals surface area contributed by atoms with Gasteiger partial charge in [-0.2, -0.15) is 0 Å². The maximum absolute atomic E-state index is 12.2. The van der Waals surface area contributed by atoms with Crippen molar-refractivity contribution in [2.45, 2.75) is 0 Å². The molecule has 3 N–H and O–H groups in total. The molecule has 2 aromatic rings. The van der Waals surface area contributed by atoms with Crippen molar-refractivity contribution < 1.29 is 14.3 Å². The standard InChI is InChI=1S/C14H11ClN2O3/c15-10-6-9(16)2-3-11(10)17-14(18)8-1-4-12-13(5-8)20-7-19-12/h1-6H,7,16H2,(H,17,18). The van der Waals surface area contributed by atoms with Gasteiger partial charge in [0, 0.05) is 11.3 Å². The van der Waals surface area contributed by atoms with Gasteiger partial charge in [-0.3, -0.25) is 4.79 Å². The number of amides is 1. The van der Waals surface area contributed by atoms with E-state index in [1.54, 1.807) is 36.4 Å². The first-order valence-corrected chi connectivity index (χ1v) is 6.27. The fourth-order valence-electron chi connectivity index (χ4n) is 1.86. The van der Waals surface area contributed by atoms with Crippen molar-refractivity contribution in [1.82, 2.24) is 0 Å². The number of anilines is 2. The third-order valence-corrected chi connectivity index (χ3v) is 3.19. The molecule has 1 heterocycles. The molecule has 0 bridgehead atoms. The van der Waals surface area contributed by atoms with Gasteiger partial charge in [-0.05, 0) is 36.4 Å². The van der Waals surface area contributed by atoms with Crippen LogP contribution in [0.4, 0.5) is 11.4 Å². The van der Waals surface area contributed by atoms with Crippen LogP contribution in [0.5, 0.6) is 11.5 Å². The summed E-state index contributed by atoms with van der Waals surface area (Å²) in [5, 5.41) is 3.11. The molecule has 1 amide bonds. The number of nitrogens with one attached hydrogen (secondary N) is 1. The van der Waals surface area contributed by atoms with E-state index in [0.29, 0.717) is 33.5 Å². The Labute approximate surface area is 120 Å². The van der Waals surface area contributed by atoms with E-state index in [1.807, 2.05) is 0 Å². The lowest BCUT2D eigenvalue weighted by atomic mass is 10.2. The third-order valence-electron chi connectivity index (χ3n) is 2.88. The van der Waals surface area contributed by atoms with Crippen molar-refractivity contribution in [3.63, 3.8) is 0 Å². The van der Waals surface area contributed by atoms with E-state index in [-0.39, 0.29) is 12.7 Å².